The number of para-hydroxylation sites is 2. The maximum atomic E-state index is 11.7. The van der Waals surface area contributed by atoms with Gasteiger partial charge in [-0.05, 0) is 24.3 Å². The van der Waals surface area contributed by atoms with E-state index in [1.807, 2.05) is 0 Å². The smallest absolute Gasteiger partial charge is 0.318 e. The molecule has 0 aromatic heterocycles. The molecule has 0 bridgehead atoms. The van der Waals surface area contributed by atoms with Gasteiger partial charge in [0, 0.05) is 11.4 Å². The average molecular weight is 378 g/mol. The molecule has 2 N–H and O–H groups in total. The standard InChI is InChI=1S/2C8H6F3NO/c2*9-8(10,11)7(13)12-6-4-2-1-3-5-6/h2*1-5H,(H,12,13). The van der Waals surface area contributed by atoms with Crippen molar-refractivity contribution in [2.45, 2.75) is 12.4 Å². The van der Waals surface area contributed by atoms with Crippen LogP contribution in [0.2, 0.25) is 0 Å². The number of amides is 2. The van der Waals surface area contributed by atoms with Gasteiger partial charge >= 0.3 is 24.2 Å². The summed E-state index contributed by atoms with van der Waals surface area (Å²) in [5.41, 5.74) is 0.259. The second-order valence-electron chi connectivity index (χ2n) is 4.64. The van der Waals surface area contributed by atoms with Gasteiger partial charge in [-0.15, -0.1) is 0 Å². The molecule has 140 valence electrons. The minimum Gasteiger partial charge on any atom is -0.318 e. The van der Waals surface area contributed by atoms with Gasteiger partial charge in [0.15, 0.2) is 0 Å². The third kappa shape index (κ3) is 7.69. The minimum absolute atomic E-state index is 0.129. The molecular formula is C16H12F6N2O2. The van der Waals surface area contributed by atoms with Crippen LogP contribution in [0.15, 0.2) is 60.7 Å². The zero-order chi connectivity index (χ0) is 19.8. The highest BCUT2D eigenvalue weighted by Crippen LogP contribution is 2.18. The quantitative estimate of drug-likeness (QED) is 0.763. The normalized spacial score (nSPS) is 11.0. The predicted molar refractivity (Wildman–Crippen MR) is 82.3 cm³/mol. The van der Waals surface area contributed by atoms with Gasteiger partial charge in [0.1, 0.15) is 0 Å². The number of carbonyl (C=O) groups is 2. The van der Waals surface area contributed by atoms with E-state index in [0.717, 1.165) is 0 Å². The molecule has 10 heteroatoms. The van der Waals surface area contributed by atoms with E-state index in [1.54, 1.807) is 22.8 Å². The Labute approximate surface area is 143 Å². The maximum absolute atomic E-state index is 11.7. The molecule has 0 fully saturated rings. The number of halogens is 6. The zero-order valence-corrected chi connectivity index (χ0v) is 12.9. The lowest BCUT2D eigenvalue weighted by Crippen LogP contribution is -2.29. The van der Waals surface area contributed by atoms with Crippen LogP contribution in [0.1, 0.15) is 0 Å². The van der Waals surface area contributed by atoms with Crippen molar-refractivity contribution in [2.24, 2.45) is 0 Å². The van der Waals surface area contributed by atoms with Gasteiger partial charge in [-0.3, -0.25) is 9.59 Å². The largest absolute Gasteiger partial charge is 0.471 e. The highest BCUT2D eigenvalue weighted by Gasteiger charge is 2.39. The minimum atomic E-state index is -4.84. The predicted octanol–water partition coefficient (Wildman–Crippen LogP) is 4.37. The lowest BCUT2D eigenvalue weighted by Gasteiger charge is -2.06. The maximum Gasteiger partial charge on any atom is 0.471 e. The van der Waals surface area contributed by atoms with Gasteiger partial charge in [0.25, 0.3) is 0 Å². The highest BCUT2D eigenvalue weighted by atomic mass is 19.4. The number of carbonyl (C=O) groups excluding carboxylic acids is 2. The van der Waals surface area contributed by atoms with Crippen molar-refractivity contribution < 1.29 is 35.9 Å². The number of benzene rings is 2. The van der Waals surface area contributed by atoms with Crippen LogP contribution in [0.3, 0.4) is 0 Å². The highest BCUT2D eigenvalue weighted by molar-refractivity contribution is 5.95. The molecule has 2 amide bonds. The van der Waals surface area contributed by atoms with Crippen LogP contribution in [0, 0.1) is 0 Å². The third-order valence-electron chi connectivity index (χ3n) is 2.58. The SMILES string of the molecule is O=C(Nc1ccccc1)C(F)(F)F.O=C(Nc1ccccc1)C(F)(F)F. The number of anilines is 2. The van der Waals surface area contributed by atoms with Crippen molar-refractivity contribution >= 4 is 23.2 Å². The summed E-state index contributed by atoms with van der Waals surface area (Å²) < 4.78 is 70.3. The van der Waals surface area contributed by atoms with Gasteiger partial charge in [-0.25, -0.2) is 0 Å². The van der Waals surface area contributed by atoms with E-state index in [1.165, 1.54) is 48.5 Å². The summed E-state index contributed by atoms with van der Waals surface area (Å²) in [6.45, 7) is 0. The van der Waals surface area contributed by atoms with Gasteiger partial charge in [0.2, 0.25) is 0 Å². The lowest BCUT2D eigenvalue weighted by atomic mass is 10.3. The topological polar surface area (TPSA) is 58.2 Å². The summed E-state index contributed by atoms with van der Waals surface area (Å²) in [5.74, 6) is -3.92. The Bertz CT molecular complexity index is 652. The molecular weight excluding hydrogens is 366 g/mol. The van der Waals surface area contributed by atoms with Gasteiger partial charge in [0.05, 0.1) is 0 Å². The zero-order valence-electron chi connectivity index (χ0n) is 12.9. The van der Waals surface area contributed by atoms with E-state index in [4.69, 9.17) is 0 Å². The molecule has 2 aromatic rings. The van der Waals surface area contributed by atoms with E-state index in [0.29, 0.717) is 0 Å². The molecule has 0 heterocycles. The Hall–Kier alpha value is -3.04. The molecule has 0 aliphatic rings. The van der Waals surface area contributed by atoms with Crippen molar-refractivity contribution in [3.05, 3.63) is 60.7 Å². The molecule has 0 aliphatic heterocycles. The Morgan fingerprint density at radius 3 is 1.08 bits per heavy atom. The molecule has 0 saturated carbocycles. The van der Waals surface area contributed by atoms with E-state index >= 15 is 0 Å². The van der Waals surface area contributed by atoms with Crippen molar-refractivity contribution in [3.8, 4) is 0 Å². The van der Waals surface area contributed by atoms with Gasteiger partial charge in [-0.2, -0.15) is 26.3 Å². The molecule has 0 atom stereocenters. The number of alkyl halides is 6. The number of hydrogen-bond donors (Lipinski definition) is 2. The Morgan fingerprint density at radius 1 is 0.577 bits per heavy atom. The van der Waals surface area contributed by atoms with E-state index in [2.05, 4.69) is 0 Å². The van der Waals surface area contributed by atoms with Crippen LogP contribution in [0.5, 0.6) is 0 Å². The van der Waals surface area contributed by atoms with Crippen LogP contribution in [-0.4, -0.2) is 24.2 Å². The van der Waals surface area contributed by atoms with Crippen LogP contribution >= 0.6 is 0 Å². The van der Waals surface area contributed by atoms with Crippen molar-refractivity contribution in [3.63, 3.8) is 0 Å². The molecule has 4 nitrogen and oxygen atoms in total. The number of nitrogens with one attached hydrogen (secondary N) is 2. The summed E-state index contributed by atoms with van der Waals surface area (Å²) in [4.78, 5) is 20.8. The Morgan fingerprint density at radius 2 is 0.846 bits per heavy atom. The average Bonchev–Trinajstić information content (AvgIpc) is 2.55. The molecule has 0 saturated heterocycles. The number of hydrogen-bond acceptors (Lipinski definition) is 2. The molecule has 0 aliphatic carbocycles. The first kappa shape index (κ1) is 21.0. The van der Waals surface area contributed by atoms with E-state index < -0.39 is 24.2 Å². The first-order chi connectivity index (χ1) is 12.0. The summed E-state index contributed by atoms with van der Waals surface area (Å²) in [6.07, 6.45) is -9.67. The lowest BCUT2D eigenvalue weighted by molar-refractivity contribution is -0.167. The molecule has 0 unspecified atom stereocenters. The van der Waals surface area contributed by atoms with Gasteiger partial charge in [-0.1, -0.05) is 36.4 Å². The molecule has 26 heavy (non-hydrogen) atoms. The third-order valence-corrected chi connectivity index (χ3v) is 2.58. The van der Waals surface area contributed by atoms with Crippen LogP contribution < -0.4 is 10.6 Å². The first-order valence-electron chi connectivity index (χ1n) is 6.86. The Balaban J connectivity index is 0.000000260. The van der Waals surface area contributed by atoms with Crippen molar-refractivity contribution in [1.29, 1.82) is 0 Å². The van der Waals surface area contributed by atoms with Gasteiger partial charge < -0.3 is 10.6 Å². The Kier molecular flexibility index (Phi) is 7.17. The van der Waals surface area contributed by atoms with Crippen LogP contribution in [0.25, 0.3) is 0 Å². The molecule has 0 radical (unpaired) electrons. The summed E-state index contributed by atoms with van der Waals surface area (Å²) in [6, 6.07) is 14.9. The van der Waals surface area contributed by atoms with Crippen molar-refractivity contribution in [1.82, 2.24) is 0 Å². The fourth-order valence-electron chi connectivity index (χ4n) is 1.45. The molecule has 2 rings (SSSR count). The second kappa shape index (κ2) is 8.88. The fraction of sp³-hybridized carbons (Fsp3) is 0.125. The monoisotopic (exact) mass is 378 g/mol. The van der Waals surface area contributed by atoms with Crippen molar-refractivity contribution in [2.75, 3.05) is 10.6 Å². The second-order valence-corrected chi connectivity index (χ2v) is 4.64. The van der Waals surface area contributed by atoms with E-state index in [-0.39, 0.29) is 11.4 Å². The van der Waals surface area contributed by atoms with E-state index in [9.17, 15) is 35.9 Å². The van der Waals surface area contributed by atoms with Crippen LogP contribution in [-0.2, 0) is 9.59 Å². The summed E-state index contributed by atoms with van der Waals surface area (Å²) >= 11 is 0. The van der Waals surface area contributed by atoms with Crippen LogP contribution in [0.4, 0.5) is 37.7 Å². The number of rotatable bonds is 2. The molecule has 2 aromatic carbocycles. The first-order valence-corrected chi connectivity index (χ1v) is 6.86. The summed E-state index contributed by atoms with van der Waals surface area (Å²) in [5, 5.41) is 3.44. The molecule has 0 spiro atoms. The fourth-order valence-corrected chi connectivity index (χ4v) is 1.45. The summed E-state index contributed by atoms with van der Waals surface area (Å²) in [7, 11) is 0.